The molecule has 1 atom stereocenters. The Hall–Kier alpha value is -1.73. The van der Waals surface area contributed by atoms with Crippen LogP contribution in [0.1, 0.15) is 22.3 Å². The molecule has 3 rings (SSSR count). The summed E-state index contributed by atoms with van der Waals surface area (Å²) in [5, 5.41) is 8.36. The highest BCUT2D eigenvalue weighted by Gasteiger charge is 2.25. The van der Waals surface area contributed by atoms with Crippen molar-refractivity contribution in [3.8, 4) is 10.6 Å². The highest BCUT2D eigenvalue weighted by atomic mass is 32.1. The van der Waals surface area contributed by atoms with Crippen LogP contribution in [0.25, 0.3) is 10.6 Å². The summed E-state index contributed by atoms with van der Waals surface area (Å²) < 4.78 is 1.74. The number of nitrogens with zero attached hydrogens (tertiary/aromatic N) is 4. The van der Waals surface area contributed by atoms with Gasteiger partial charge in [0.2, 0.25) is 0 Å². The molecule has 1 fully saturated rings. The SMILES string of the molecule is Cc1nc(-c2cnn(C)c2)sc1C(=O)N1CCNC(C)C1. The van der Waals surface area contributed by atoms with Crippen molar-refractivity contribution in [2.75, 3.05) is 19.6 Å². The number of aromatic nitrogens is 3. The zero-order valence-electron chi connectivity index (χ0n) is 12.5. The molecule has 0 bridgehead atoms. The first-order valence-electron chi connectivity index (χ1n) is 7.03. The normalized spacial score (nSPS) is 19.0. The van der Waals surface area contributed by atoms with Gasteiger partial charge >= 0.3 is 0 Å². The second kappa shape index (κ2) is 5.57. The van der Waals surface area contributed by atoms with Crippen molar-refractivity contribution in [2.24, 2.45) is 7.05 Å². The summed E-state index contributed by atoms with van der Waals surface area (Å²) in [5.41, 5.74) is 1.76. The van der Waals surface area contributed by atoms with Crippen molar-refractivity contribution in [3.05, 3.63) is 23.0 Å². The maximum absolute atomic E-state index is 12.7. The maximum atomic E-state index is 12.7. The van der Waals surface area contributed by atoms with E-state index < -0.39 is 0 Å². The zero-order chi connectivity index (χ0) is 15.0. The van der Waals surface area contributed by atoms with Crippen molar-refractivity contribution in [1.82, 2.24) is 25.0 Å². The molecule has 7 heteroatoms. The molecule has 0 aromatic carbocycles. The van der Waals surface area contributed by atoms with Crippen LogP contribution in [-0.2, 0) is 7.05 Å². The van der Waals surface area contributed by atoms with E-state index in [2.05, 4.69) is 22.3 Å². The van der Waals surface area contributed by atoms with E-state index in [0.29, 0.717) is 6.04 Å². The number of nitrogens with one attached hydrogen (secondary N) is 1. The summed E-state index contributed by atoms with van der Waals surface area (Å²) in [6, 6.07) is 0.341. The van der Waals surface area contributed by atoms with Gasteiger partial charge in [0.15, 0.2) is 0 Å². The van der Waals surface area contributed by atoms with Crippen molar-refractivity contribution in [1.29, 1.82) is 0 Å². The first-order valence-corrected chi connectivity index (χ1v) is 7.85. The van der Waals surface area contributed by atoms with Crippen LogP contribution in [-0.4, -0.2) is 51.2 Å². The Morgan fingerprint density at radius 3 is 3.00 bits per heavy atom. The van der Waals surface area contributed by atoms with Gasteiger partial charge in [0.25, 0.3) is 5.91 Å². The molecular formula is C14H19N5OS. The lowest BCUT2D eigenvalue weighted by molar-refractivity contribution is 0.0713. The molecule has 3 heterocycles. The molecule has 2 aromatic heterocycles. The molecule has 1 aliphatic heterocycles. The largest absolute Gasteiger partial charge is 0.335 e. The molecule has 1 N–H and O–H groups in total. The van der Waals surface area contributed by atoms with Crippen LogP contribution in [0.2, 0.25) is 0 Å². The second-order valence-corrected chi connectivity index (χ2v) is 6.44. The van der Waals surface area contributed by atoms with Crippen LogP contribution >= 0.6 is 11.3 Å². The lowest BCUT2D eigenvalue weighted by Crippen LogP contribution is -2.51. The fourth-order valence-electron chi connectivity index (χ4n) is 2.51. The van der Waals surface area contributed by atoms with Gasteiger partial charge < -0.3 is 10.2 Å². The number of hydrogen-bond donors (Lipinski definition) is 1. The highest BCUT2D eigenvalue weighted by Crippen LogP contribution is 2.28. The number of hydrogen-bond acceptors (Lipinski definition) is 5. The van der Waals surface area contributed by atoms with Crippen LogP contribution in [0.4, 0.5) is 0 Å². The fraction of sp³-hybridized carbons (Fsp3) is 0.500. The predicted octanol–water partition coefficient (Wildman–Crippen LogP) is 1.29. The summed E-state index contributed by atoms with van der Waals surface area (Å²) in [6.07, 6.45) is 3.69. The van der Waals surface area contributed by atoms with Gasteiger partial charge in [-0.25, -0.2) is 4.98 Å². The number of carbonyl (C=O) groups is 1. The third kappa shape index (κ3) is 2.84. The van der Waals surface area contributed by atoms with E-state index in [-0.39, 0.29) is 5.91 Å². The third-order valence-corrected chi connectivity index (χ3v) is 4.79. The van der Waals surface area contributed by atoms with E-state index >= 15 is 0 Å². The molecule has 1 aliphatic rings. The maximum Gasteiger partial charge on any atom is 0.265 e. The van der Waals surface area contributed by atoms with E-state index in [9.17, 15) is 4.79 Å². The molecule has 0 saturated carbocycles. The number of carbonyl (C=O) groups excluding carboxylic acids is 1. The minimum Gasteiger partial charge on any atom is -0.335 e. The van der Waals surface area contributed by atoms with Crippen molar-refractivity contribution in [3.63, 3.8) is 0 Å². The Labute approximate surface area is 127 Å². The van der Waals surface area contributed by atoms with Crippen LogP contribution < -0.4 is 5.32 Å². The smallest absolute Gasteiger partial charge is 0.265 e. The molecule has 0 radical (unpaired) electrons. The molecular weight excluding hydrogens is 286 g/mol. The van der Waals surface area contributed by atoms with E-state index in [4.69, 9.17) is 0 Å². The average molecular weight is 305 g/mol. The van der Waals surface area contributed by atoms with E-state index in [1.807, 2.05) is 25.1 Å². The number of rotatable bonds is 2. The summed E-state index contributed by atoms with van der Waals surface area (Å²) in [4.78, 5) is 19.8. The monoisotopic (exact) mass is 305 g/mol. The lowest BCUT2D eigenvalue weighted by atomic mass is 10.2. The van der Waals surface area contributed by atoms with Gasteiger partial charge in [-0.05, 0) is 13.8 Å². The summed E-state index contributed by atoms with van der Waals surface area (Å²) in [7, 11) is 1.87. The zero-order valence-corrected chi connectivity index (χ0v) is 13.3. The fourth-order valence-corrected chi connectivity index (χ4v) is 3.52. The van der Waals surface area contributed by atoms with Gasteiger partial charge in [-0.15, -0.1) is 11.3 Å². The Morgan fingerprint density at radius 2 is 2.33 bits per heavy atom. The summed E-state index contributed by atoms with van der Waals surface area (Å²) in [6.45, 7) is 6.34. The molecule has 1 saturated heterocycles. The summed E-state index contributed by atoms with van der Waals surface area (Å²) in [5.74, 6) is 0.0912. The van der Waals surface area contributed by atoms with E-state index in [1.165, 1.54) is 11.3 Å². The lowest BCUT2D eigenvalue weighted by Gasteiger charge is -2.31. The van der Waals surface area contributed by atoms with Crippen molar-refractivity contribution in [2.45, 2.75) is 19.9 Å². The van der Waals surface area contributed by atoms with Crippen molar-refractivity contribution >= 4 is 17.2 Å². The van der Waals surface area contributed by atoms with Gasteiger partial charge in [0, 0.05) is 44.5 Å². The van der Waals surface area contributed by atoms with Gasteiger partial charge in [-0.1, -0.05) is 0 Å². The number of piperazine rings is 1. The van der Waals surface area contributed by atoms with Gasteiger partial charge in [0.05, 0.1) is 11.9 Å². The van der Waals surface area contributed by atoms with Crippen LogP contribution in [0, 0.1) is 6.92 Å². The first-order chi connectivity index (χ1) is 10.0. The minimum atomic E-state index is 0.0912. The second-order valence-electron chi connectivity index (χ2n) is 5.44. The minimum absolute atomic E-state index is 0.0912. The molecule has 0 aliphatic carbocycles. The van der Waals surface area contributed by atoms with E-state index in [1.54, 1.807) is 10.9 Å². The Kier molecular flexibility index (Phi) is 3.77. The van der Waals surface area contributed by atoms with E-state index in [0.717, 1.165) is 40.8 Å². The Balaban J connectivity index is 1.85. The molecule has 2 aromatic rings. The quantitative estimate of drug-likeness (QED) is 0.908. The van der Waals surface area contributed by atoms with Crippen LogP contribution in [0.3, 0.4) is 0 Å². The molecule has 1 unspecified atom stereocenters. The van der Waals surface area contributed by atoms with Crippen LogP contribution in [0.5, 0.6) is 0 Å². The summed E-state index contributed by atoms with van der Waals surface area (Å²) >= 11 is 1.45. The van der Waals surface area contributed by atoms with Gasteiger partial charge in [-0.2, -0.15) is 5.10 Å². The molecule has 21 heavy (non-hydrogen) atoms. The third-order valence-electron chi connectivity index (χ3n) is 3.60. The van der Waals surface area contributed by atoms with Gasteiger partial charge in [0.1, 0.15) is 9.88 Å². The number of aryl methyl sites for hydroxylation is 2. The number of thiazole rings is 1. The van der Waals surface area contributed by atoms with Gasteiger partial charge in [-0.3, -0.25) is 9.48 Å². The van der Waals surface area contributed by atoms with Crippen molar-refractivity contribution < 1.29 is 4.79 Å². The Morgan fingerprint density at radius 1 is 1.52 bits per heavy atom. The highest BCUT2D eigenvalue weighted by molar-refractivity contribution is 7.17. The molecule has 0 spiro atoms. The molecule has 6 nitrogen and oxygen atoms in total. The van der Waals surface area contributed by atoms with Crippen LogP contribution in [0.15, 0.2) is 12.4 Å². The standard InChI is InChI=1S/C14H19N5OS/c1-9-7-19(5-4-15-9)14(20)12-10(2)17-13(21-12)11-6-16-18(3)8-11/h6,8-9,15H,4-5,7H2,1-3H3. The number of amides is 1. The predicted molar refractivity (Wildman–Crippen MR) is 82.4 cm³/mol. The molecule has 1 amide bonds. The topological polar surface area (TPSA) is 63.1 Å². The Bertz CT molecular complexity index is 662. The average Bonchev–Trinajstić information content (AvgIpc) is 3.04. The first kappa shape index (κ1) is 14.2. The molecule has 112 valence electrons.